The van der Waals surface area contributed by atoms with Gasteiger partial charge in [0.15, 0.2) is 5.65 Å². The number of amides is 2. The van der Waals surface area contributed by atoms with Crippen LogP contribution in [0.2, 0.25) is 0 Å². The van der Waals surface area contributed by atoms with Crippen molar-refractivity contribution in [3.8, 4) is 11.4 Å². The first-order valence-electron chi connectivity index (χ1n) is 12.0. The van der Waals surface area contributed by atoms with Gasteiger partial charge in [0.05, 0.1) is 5.69 Å². The molecule has 1 aliphatic rings. The Morgan fingerprint density at radius 3 is 2.57 bits per heavy atom. The number of carbonyl (C=O) groups is 2. The summed E-state index contributed by atoms with van der Waals surface area (Å²) in [5, 5.41) is 2.77. The largest absolute Gasteiger partial charge is 0.444 e. The third kappa shape index (κ3) is 5.06. The van der Waals surface area contributed by atoms with Crippen LogP contribution in [0.25, 0.3) is 17.0 Å². The molecule has 190 valence electrons. The summed E-state index contributed by atoms with van der Waals surface area (Å²) in [6.07, 6.45) is 3.41. The number of ether oxygens (including phenoxy) is 1. The van der Waals surface area contributed by atoms with Gasteiger partial charge in [0.2, 0.25) is 5.95 Å². The third-order valence-corrected chi connectivity index (χ3v) is 6.02. The smallest absolute Gasteiger partial charge is 0.410 e. The summed E-state index contributed by atoms with van der Waals surface area (Å²) < 4.78 is 7.24. The molecular weight excluding hydrogens is 472 g/mol. The molecule has 11 nitrogen and oxygen atoms in total. The quantitative estimate of drug-likeness (QED) is 0.432. The minimum Gasteiger partial charge on any atom is -0.444 e. The molecule has 3 N–H and O–H groups in total. The lowest BCUT2D eigenvalue weighted by Crippen LogP contribution is -2.35. The van der Waals surface area contributed by atoms with Gasteiger partial charge in [0.25, 0.3) is 5.91 Å². The molecule has 0 bridgehead atoms. The van der Waals surface area contributed by atoms with Crippen molar-refractivity contribution >= 4 is 29.4 Å². The summed E-state index contributed by atoms with van der Waals surface area (Å²) >= 11 is 0. The second-order valence-electron chi connectivity index (χ2n) is 9.87. The number of rotatable bonds is 4. The Bertz CT molecular complexity index is 1440. The van der Waals surface area contributed by atoms with Crippen molar-refractivity contribution in [2.75, 3.05) is 24.1 Å². The van der Waals surface area contributed by atoms with Crippen molar-refractivity contribution in [1.29, 1.82) is 0 Å². The summed E-state index contributed by atoms with van der Waals surface area (Å²) in [6, 6.07) is 12.3. The number of aromatic nitrogens is 5. The summed E-state index contributed by atoms with van der Waals surface area (Å²) in [4.78, 5) is 44.5. The molecule has 0 spiro atoms. The predicted octanol–water partition coefficient (Wildman–Crippen LogP) is 3.75. The second kappa shape index (κ2) is 9.49. The molecule has 1 aromatic carbocycles. The lowest BCUT2D eigenvalue weighted by molar-refractivity contribution is 0.0292. The fourth-order valence-electron chi connectivity index (χ4n) is 4.31. The fourth-order valence-corrected chi connectivity index (χ4v) is 4.31. The van der Waals surface area contributed by atoms with Crippen LogP contribution < -0.4 is 11.1 Å². The van der Waals surface area contributed by atoms with Gasteiger partial charge in [-0.05, 0) is 51.5 Å². The molecule has 1 saturated heterocycles. The first-order valence-corrected chi connectivity index (χ1v) is 12.0. The number of nitrogens with zero attached hydrogens (tertiary/aromatic N) is 6. The number of pyridine rings is 1. The number of nitrogen functional groups attached to an aromatic ring is 1. The van der Waals surface area contributed by atoms with Crippen LogP contribution in [0.5, 0.6) is 0 Å². The van der Waals surface area contributed by atoms with E-state index in [2.05, 4.69) is 20.3 Å². The molecule has 1 unspecified atom stereocenters. The van der Waals surface area contributed by atoms with Crippen molar-refractivity contribution in [2.24, 2.45) is 0 Å². The van der Waals surface area contributed by atoms with E-state index in [9.17, 15) is 9.59 Å². The van der Waals surface area contributed by atoms with Gasteiger partial charge in [-0.1, -0.05) is 18.2 Å². The van der Waals surface area contributed by atoms with Gasteiger partial charge in [-0.15, -0.1) is 0 Å². The van der Waals surface area contributed by atoms with Crippen LogP contribution in [0.15, 0.2) is 55.0 Å². The molecular formula is C26H28N8O3. The van der Waals surface area contributed by atoms with E-state index in [1.807, 2.05) is 20.8 Å². The van der Waals surface area contributed by atoms with Crippen LogP contribution >= 0.6 is 0 Å². The fraction of sp³-hybridized carbons (Fsp3) is 0.308. The lowest BCUT2D eigenvalue weighted by Gasteiger charge is -2.24. The van der Waals surface area contributed by atoms with E-state index in [0.29, 0.717) is 35.9 Å². The van der Waals surface area contributed by atoms with Gasteiger partial charge in [-0.25, -0.2) is 29.1 Å². The number of nitrogens with one attached hydrogen (secondary N) is 1. The van der Waals surface area contributed by atoms with E-state index >= 15 is 0 Å². The Morgan fingerprint density at radius 2 is 1.86 bits per heavy atom. The zero-order valence-electron chi connectivity index (χ0n) is 20.9. The summed E-state index contributed by atoms with van der Waals surface area (Å²) in [5.74, 6) is 0.986. The monoisotopic (exact) mass is 500 g/mol. The maximum atomic E-state index is 12.6. The maximum absolute atomic E-state index is 12.6. The molecule has 0 radical (unpaired) electrons. The Balaban J connectivity index is 1.42. The molecule has 1 fully saturated rings. The van der Waals surface area contributed by atoms with Crippen molar-refractivity contribution in [3.63, 3.8) is 0 Å². The van der Waals surface area contributed by atoms with E-state index in [1.165, 1.54) is 6.33 Å². The Labute approximate surface area is 213 Å². The van der Waals surface area contributed by atoms with E-state index < -0.39 is 5.60 Å². The Morgan fingerprint density at radius 1 is 1.08 bits per heavy atom. The third-order valence-electron chi connectivity index (χ3n) is 6.02. The minimum atomic E-state index is -0.564. The van der Waals surface area contributed by atoms with Crippen molar-refractivity contribution in [1.82, 2.24) is 29.2 Å². The molecule has 11 heteroatoms. The Kier molecular flexibility index (Phi) is 6.20. The molecule has 0 saturated carbocycles. The molecule has 37 heavy (non-hydrogen) atoms. The summed E-state index contributed by atoms with van der Waals surface area (Å²) in [7, 11) is 0. The van der Waals surface area contributed by atoms with Crippen LogP contribution in [0.3, 0.4) is 0 Å². The minimum absolute atomic E-state index is 0.0333. The topological polar surface area (TPSA) is 141 Å². The first kappa shape index (κ1) is 24.2. The van der Waals surface area contributed by atoms with E-state index in [-0.39, 0.29) is 23.9 Å². The van der Waals surface area contributed by atoms with Crippen LogP contribution in [0.1, 0.15) is 49.2 Å². The number of imidazole rings is 1. The number of anilines is 2. The SMILES string of the molecule is CC(C)(C)OC(=O)N1CCC(c2nc(-c3ccc(C(=O)Nc4ccccn4)cc3)n3c(N)ncnc23)C1. The number of nitrogens with two attached hydrogens (primary N) is 1. The highest BCUT2D eigenvalue weighted by atomic mass is 16.6. The highest BCUT2D eigenvalue weighted by molar-refractivity contribution is 6.04. The van der Waals surface area contributed by atoms with Crippen LogP contribution in [-0.2, 0) is 4.74 Å². The molecule has 2 amide bonds. The number of hydrogen-bond donors (Lipinski definition) is 2. The molecule has 4 aromatic rings. The molecule has 1 atom stereocenters. The van der Waals surface area contributed by atoms with Gasteiger partial charge >= 0.3 is 6.09 Å². The lowest BCUT2D eigenvalue weighted by atomic mass is 10.1. The van der Waals surface area contributed by atoms with Gasteiger partial charge in [-0.3, -0.25) is 4.79 Å². The van der Waals surface area contributed by atoms with E-state index in [1.54, 1.807) is 58.0 Å². The molecule has 4 heterocycles. The number of benzene rings is 1. The van der Waals surface area contributed by atoms with Gasteiger partial charge in [0, 0.05) is 36.3 Å². The van der Waals surface area contributed by atoms with Crippen molar-refractivity contribution in [2.45, 2.75) is 38.7 Å². The first-order chi connectivity index (χ1) is 17.7. The molecule has 5 rings (SSSR count). The van der Waals surface area contributed by atoms with E-state index in [0.717, 1.165) is 17.7 Å². The Hall–Kier alpha value is -4.54. The normalized spacial score (nSPS) is 15.6. The second-order valence-corrected chi connectivity index (χ2v) is 9.87. The van der Waals surface area contributed by atoms with Crippen molar-refractivity contribution < 1.29 is 14.3 Å². The van der Waals surface area contributed by atoms with Gasteiger partial charge in [-0.2, -0.15) is 0 Å². The van der Waals surface area contributed by atoms with Crippen LogP contribution in [0.4, 0.5) is 16.6 Å². The maximum Gasteiger partial charge on any atom is 0.410 e. The average Bonchev–Trinajstić information content (AvgIpc) is 3.50. The number of fused-ring (bicyclic) bond motifs is 1. The molecule has 1 aliphatic heterocycles. The number of carbonyl (C=O) groups excluding carboxylic acids is 2. The van der Waals surface area contributed by atoms with E-state index in [4.69, 9.17) is 15.5 Å². The predicted molar refractivity (Wildman–Crippen MR) is 138 cm³/mol. The summed E-state index contributed by atoms with van der Waals surface area (Å²) in [5.41, 5.74) is 8.23. The standard InChI is InChI=1S/C26H28N8O3/c1-26(2,3)37-25(36)33-13-11-18(14-33)20-22-29-15-30-24(27)34(22)21(32-20)16-7-9-17(10-8-16)23(35)31-19-6-4-5-12-28-19/h4-10,12,15,18H,11,13-14H2,1-3H3,(H2,27,29,30)(H,28,31,35). The zero-order chi connectivity index (χ0) is 26.2. The average molecular weight is 501 g/mol. The molecule has 0 aliphatic carbocycles. The summed E-state index contributed by atoms with van der Waals surface area (Å²) in [6.45, 7) is 6.58. The van der Waals surface area contributed by atoms with Gasteiger partial charge in [0.1, 0.15) is 23.6 Å². The highest BCUT2D eigenvalue weighted by Gasteiger charge is 2.34. The van der Waals surface area contributed by atoms with Crippen LogP contribution in [0, 0.1) is 0 Å². The van der Waals surface area contributed by atoms with Gasteiger partial charge < -0.3 is 20.7 Å². The van der Waals surface area contributed by atoms with Crippen LogP contribution in [-0.4, -0.2) is 59.9 Å². The van der Waals surface area contributed by atoms with Crippen molar-refractivity contribution in [3.05, 3.63) is 66.2 Å². The zero-order valence-corrected chi connectivity index (χ0v) is 20.9. The highest BCUT2D eigenvalue weighted by Crippen LogP contribution is 2.33. The molecule has 3 aromatic heterocycles. The number of hydrogen-bond acceptors (Lipinski definition) is 8. The number of likely N-dealkylation sites (tertiary alicyclic amines) is 1.